The Morgan fingerprint density at radius 3 is 1.28 bits per heavy atom. The first-order valence-corrected chi connectivity index (χ1v) is 13.8. The van der Waals surface area contributed by atoms with Crippen LogP contribution in [0.3, 0.4) is 0 Å². The zero-order valence-corrected chi connectivity index (χ0v) is 23.1. The Labute approximate surface area is 220 Å². The summed E-state index contributed by atoms with van der Waals surface area (Å²) in [5, 5.41) is 0. The van der Waals surface area contributed by atoms with Gasteiger partial charge in [0.15, 0.2) is 12.4 Å². The maximum Gasteiger partial charge on any atom is 0.168 e. The van der Waals surface area contributed by atoms with Gasteiger partial charge in [0.1, 0.15) is 6.54 Å². The van der Waals surface area contributed by atoms with Gasteiger partial charge in [-0.25, -0.2) is 4.57 Å². The van der Waals surface area contributed by atoms with Crippen LogP contribution in [0.15, 0.2) is 103 Å². The van der Waals surface area contributed by atoms with Gasteiger partial charge in [-0.1, -0.05) is 129 Å². The Morgan fingerprint density at radius 1 is 0.528 bits per heavy atom. The SMILES string of the molecule is CCCC[B-](c1ccc(C)cc1)(c1ccc(C)cc1)c1ccc(C)cc1.CCCC[n+]1ccccc1. The lowest BCUT2D eigenvalue weighted by molar-refractivity contribution is -0.697. The molecule has 0 radical (unpaired) electrons. The minimum Gasteiger partial charge on any atom is -0.205 e. The van der Waals surface area contributed by atoms with Crippen molar-refractivity contribution in [1.29, 1.82) is 0 Å². The number of pyridine rings is 1. The lowest BCUT2D eigenvalue weighted by atomic mass is 9.14. The van der Waals surface area contributed by atoms with Crippen LogP contribution in [0.4, 0.5) is 0 Å². The van der Waals surface area contributed by atoms with Gasteiger partial charge in [-0.2, -0.15) is 22.7 Å². The van der Waals surface area contributed by atoms with Gasteiger partial charge in [0.2, 0.25) is 0 Å². The van der Waals surface area contributed by atoms with Crippen molar-refractivity contribution in [2.45, 2.75) is 73.2 Å². The smallest absolute Gasteiger partial charge is 0.168 e. The number of benzene rings is 3. The molecule has 0 aliphatic heterocycles. The third kappa shape index (κ3) is 7.20. The predicted octanol–water partition coefficient (Wildman–Crippen LogP) is 6.66. The topological polar surface area (TPSA) is 3.88 Å². The van der Waals surface area contributed by atoms with Crippen molar-refractivity contribution >= 4 is 22.5 Å². The minimum atomic E-state index is -0.957. The molecule has 1 aromatic heterocycles. The Hall–Kier alpha value is -3.13. The van der Waals surface area contributed by atoms with Crippen LogP contribution in [0.1, 0.15) is 56.2 Å². The molecule has 0 aliphatic rings. The van der Waals surface area contributed by atoms with Crippen LogP contribution in [0.25, 0.3) is 0 Å². The van der Waals surface area contributed by atoms with E-state index in [2.05, 4.69) is 137 Å². The van der Waals surface area contributed by atoms with Crippen molar-refractivity contribution in [3.05, 3.63) is 120 Å². The maximum absolute atomic E-state index is 2.35. The lowest BCUT2D eigenvalue weighted by Gasteiger charge is -2.43. The number of hydrogen-bond donors (Lipinski definition) is 0. The van der Waals surface area contributed by atoms with Crippen molar-refractivity contribution in [3.8, 4) is 0 Å². The standard InChI is InChI=1S/C25H30B.C9H14N/c1-5-6-19-26(23-13-7-20(2)8-14-23,24-15-9-21(3)10-16-24)25-17-11-22(4)12-18-25;1-2-3-7-10-8-5-4-6-9-10/h7-18H,5-6,19H2,1-4H3;4-6,8-9H,2-3,7H2,1H3/q-1;+1. The summed E-state index contributed by atoms with van der Waals surface area (Å²) in [6.45, 7) is 12.2. The first-order valence-electron chi connectivity index (χ1n) is 13.8. The maximum atomic E-state index is 2.35. The lowest BCUT2D eigenvalue weighted by Crippen LogP contribution is -2.67. The van der Waals surface area contributed by atoms with E-state index in [-0.39, 0.29) is 0 Å². The van der Waals surface area contributed by atoms with E-state index in [0.29, 0.717) is 0 Å². The molecule has 1 nitrogen and oxygen atoms in total. The van der Waals surface area contributed by atoms with Crippen LogP contribution in [0.2, 0.25) is 6.32 Å². The molecule has 188 valence electrons. The second-order valence-corrected chi connectivity index (χ2v) is 10.4. The van der Waals surface area contributed by atoms with E-state index in [1.807, 2.05) is 6.07 Å². The van der Waals surface area contributed by atoms with Gasteiger partial charge in [0.25, 0.3) is 0 Å². The zero-order valence-electron chi connectivity index (χ0n) is 23.1. The Morgan fingerprint density at radius 2 is 0.917 bits per heavy atom. The molecule has 0 saturated heterocycles. The highest BCUT2D eigenvalue weighted by Crippen LogP contribution is 2.17. The van der Waals surface area contributed by atoms with Crippen molar-refractivity contribution in [2.75, 3.05) is 0 Å². The number of aryl methyl sites for hydroxylation is 4. The fourth-order valence-corrected chi connectivity index (χ4v) is 5.20. The average Bonchev–Trinajstić information content (AvgIpc) is 2.91. The summed E-state index contributed by atoms with van der Waals surface area (Å²) in [7, 11) is 0. The summed E-state index contributed by atoms with van der Waals surface area (Å²) in [4.78, 5) is 0. The van der Waals surface area contributed by atoms with E-state index in [1.165, 1.54) is 65.1 Å². The van der Waals surface area contributed by atoms with Crippen LogP contribution < -0.4 is 21.0 Å². The van der Waals surface area contributed by atoms with Gasteiger partial charge in [0, 0.05) is 18.6 Å². The highest BCUT2D eigenvalue weighted by atomic mass is 14.9. The molecule has 0 atom stereocenters. The fourth-order valence-electron chi connectivity index (χ4n) is 5.20. The van der Waals surface area contributed by atoms with Crippen molar-refractivity contribution in [2.24, 2.45) is 0 Å². The first kappa shape index (κ1) is 27.5. The minimum absolute atomic E-state index is 0.957. The third-order valence-corrected chi connectivity index (χ3v) is 7.48. The molecule has 0 saturated carbocycles. The monoisotopic (exact) mass is 477 g/mol. The highest BCUT2D eigenvalue weighted by Gasteiger charge is 2.29. The number of rotatable bonds is 9. The van der Waals surface area contributed by atoms with Crippen molar-refractivity contribution < 1.29 is 4.57 Å². The molecule has 0 unspecified atom stereocenters. The Balaban J connectivity index is 0.000000303. The van der Waals surface area contributed by atoms with E-state index in [4.69, 9.17) is 0 Å². The summed E-state index contributed by atoms with van der Waals surface area (Å²) in [6.07, 6.45) is 9.43. The molecule has 36 heavy (non-hydrogen) atoms. The molecule has 0 aliphatic carbocycles. The van der Waals surface area contributed by atoms with Gasteiger partial charge >= 0.3 is 0 Å². The molecule has 0 fully saturated rings. The quantitative estimate of drug-likeness (QED) is 0.188. The third-order valence-electron chi connectivity index (χ3n) is 7.48. The summed E-state index contributed by atoms with van der Waals surface area (Å²) in [5.74, 6) is 0. The Bertz CT molecular complexity index is 1040. The normalized spacial score (nSPS) is 11.0. The number of unbranched alkanes of at least 4 members (excludes halogenated alkanes) is 2. The number of nitrogens with zero attached hydrogens (tertiary/aromatic N) is 1. The molecule has 1 heterocycles. The van der Waals surface area contributed by atoms with Crippen molar-refractivity contribution in [1.82, 2.24) is 0 Å². The summed E-state index contributed by atoms with van der Waals surface area (Å²) < 4.78 is 2.21. The molecular weight excluding hydrogens is 433 g/mol. The van der Waals surface area contributed by atoms with Crippen LogP contribution in [0.5, 0.6) is 0 Å². The predicted molar refractivity (Wildman–Crippen MR) is 159 cm³/mol. The van der Waals surface area contributed by atoms with E-state index in [0.717, 1.165) is 6.54 Å². The summed E-state index contributed by atoms with van der Waals surface area (Å²) in [5.41, 5.74) is 8.33. The highest BCUT2D eigenvalue weighted by molar-refractivity contribution is 7.11. The second kappa shape index (κ2) is 13.8. The van der Waals surface area contributed by atoms with Gasteiger partial charge in [-0.3, -0.25) is 0 Å². The average molecular weight is 478 g/mol. The zero-order chi connectivity index (χ0) is 25.8. The molecule has 3 aromatic carbocycles. The molecule has 0 N–H and O–H groups in total. The molecule has 4 rings (SSSR count). The van der Waals surface area contributed by atoms with Crippen molar-refractivity contribution in [3.63, 3.8) is 0 Å². The molecular formula is C34H44BN. The molecule has 2 heteroatoms. The van der Waals surface area contributed by atoms with E-state index in [9.17, 15) is 0 Å². The van der Waals surface area contributed by atoms with Crippen LogP contribution in [0, 0.1) is 20.8 Å². The van der Waals surface area contributed by atoms with E-state index < -0.39 is 6.15 Å². The number of aromatic nitrogens is 1. The van der Waals surface area contributed by atoms with E-state index in [1.54, 1.807) is 0 Å². The molecule has 0 amide bonds. The second-order valence-electron chi connectivity index (χ2n) is 10.4. The van der Waals surface area contributed by atoms with Gasteiger partial charge in [-0.15, -0.1) is 0 Å². The van der Waals surface area contributed by atoms with Crippen LogP contribution in [-0.2, 0) is 6.54 Å². The van der Waals surface area contributed by atoms with Crippen LogP contribution in [-0.4, -0.2) is 6.15 Å². The first-order chi connectivity index (χ1) is 17.5. The Kier molecular flexibility index (Phi) is 10.5. The molecule has 4 aromatic rings. The fraction of sp³-hybridized carbons (Fsp3) is 0.324. The van der Waals surface area contributed by atoms with Gasteiger partial charge < -0.3 is 0 Å². The number of hydrogen-bond acceptors (Lipinski definition) is 0. The molecule has 0 spiro atoms. The van der Waals surface area contributed by atoms with Gasteiger partial charge in [-0.05, 0) is 20.8 Å². The van der Waals surface area contributed by atoms with Gasteiger partial charge in [0.05, 0.1) is 6.15 Å². The molecule has 0 bridgehead atoms. The summed E-state index contributed by atoms with van der Waals surface area (Å²) in [6, 6.07) is 33.9. The summed E-state index contributed by atoms with van der Waals surface area (Å²) >= 11 is 0. The largest absolute Gasteiger partial charge is 0.205 e. The van der Waals surface area contributed by atoms with Crippen LogP contribution >= 0.6 is 0 Å². The van der Waals surface area contributed by atoms with E-state index >= 15 is 0 Å².